The number of aliphatic imine (C=N–C) groups is 1. The first-order chi connectivity index (χ1) is 10.8. The molecule has 1 aliphatic rings. The molecule has 5 nitrogen and oxygen atoms in total. The Bertz CT molecular complexity index is 481. The lowest BCUT2D eigenvalue weighted by molar-refractivity contribution is 0.0389. The predicted octanol–water partition coefficient (Wildman–Crippen LogP) is 2.35. The molecule has 1 aromatic carbocycles. The first kappa shape index (κ1) is 20.5. The van der Waals surface area contributed by atoms with Crippen molar-refractivity contribution >= 4 is 41.5 Å². The van der Waals surface area contributed by atoms with Crippen LogP contribution in [0, 0.1) is 0 Å². The second kappa shape index (κ2) is 11.9. The van der Waals surface area contributed by atoms with Crippen LogP contribution in [0.3, 0.4) is 0 Å². The van der Waals surface area contributed by atoms with Crippen LogP contribution < -0.4 is 10.6 Å². The molecule has 7 heteroatoms. The summed E-state index contributed by atoms with van der Waals surface area (Å²) in [5, 5.41) is 7.39. The minimum Gasteiger partial charge on any atom is -0.379 e. The highest BCUT2D eigenvalue weighted by Gasteiger charge is 2.09. The number of halogens is 2. The molecule has 1 heterocycles. The van der Waals surface area contributed by atoms with Crippen molar-refractivity contribution in [2.45, 2.75) is 13.5 Å². The van der Waals surface area contributed by atoms with Crippen LogP contribution in [0.5, 0.6) is 0 Å². The van der Waals surface area contributed by atoms with E-state index in [9.17, 15) is 0 Å². The van der Waals surface area contributed by atoms with Gasteiger partial charge in [0.05, 0.1) is 19.8 Å². The van der Waals surface area contributed by atoms with Crippen LogP contribution in [0.2, 0.25) is 5.02 Å². The van der Waals surface area contributed by atoms with Gasteiger partial charge in [0.15, 0.2) is 5.96 Å². The largest absolute Gasteiger partial charge is 0.379 e. The monoisotopic (exact) mass is 452 g/mol. The fourth-order valence-corrected chi connectivity index (χ4v) is 2.49. The van der Waals surface area contributed by atoms with Gasteiger partial charge in [-0.05, 0) is 18.6 Å². The third-order valence-corrected chi connectivity index (χ3v) is 3.90. The number of nitrogens with one attached hydrogen (secondary N) is 2. The molecule has 1 aliphatic heterocycles. The third kappa shape index (κ3) is 7.69. The maximum atomic E-state index is 6.16. The van der Waals surface area contributed by atoms with Gasteiger partial charge >= 0.3 is 0 Å². The van der Waals surface area contributed by atoms with Crippen LogP contribution >= 0.6 is 35.6 Å². The molecule has 0 spiro atoms. The summed E-state index contributed by atoms with van der Waals surface area (Å²) in [6, 6.07) is 7.81. The van der Waals surface area contributed by atoms with Gasteiger partial charge in [-0.25, -0.2) is 4.99 Å². The van der Waals surface area contributed by atoms with Crippen molar-refractivity contribution in [3.63, 3.8) is 0 Å². The molecule has 1 fully saturated rings. The quantitative estimate of drug-likeness (QED) is 0.395. The first-order valence-electron chi connectivity index (χ1n) is 7.85. The third-order valence-electron chi connectivity index (χ3n) is 3.53. The van der Waals surface area contributed by atoms with Crippen LogP contribution in [0.25, 0.3) is 0 Å². The normalized spacial score (nSPS) is 15.8. The predicted molar refractivity (Wildman–Crippen MR) is 107 cm³/mol. The van der Waals surface area contributed by atoms with Crippen molar-refractivity contribution < 1.29 is 4.74 Å². The fourth-order valence-electron chi connectivity index (χ4n) is 2.29. The average molecular weight is 453 g/mol. The number of hydrogen-bond acceptors (Lipinski definition) is 3. The van der Waals surface area contributed by atoms with Gasteiger partial charge in [0.1, 0.15) is 0 Å². The zero-order valence-corrected chi connectivity index (χ0v) is 16.6. The van der Waals surface area contributed by atoms with Crippen LogP contribution in [-0.4, -0.2) is 56.8 Å². The van der Waals surface area contributed by atoms with Gasteiger partial charge in [-0.3, -0.25) is 4.90 Å². The summed E-state index contributed by atoms with van der Waals surface area (Å²) in [6.45, 7) is 9.03. The lowest BCUT2D eigenvalue weighted by atomic mass is 10.2. The first-order valence-corrected chi connectivity index (χ1v) is 8.23. The highest BCUT2D eigenvalue weighted by Crippen LogP contribution is 2.15. The van der Waals surface area contributed by atoms with E-state index in [1.165, 1.54) is 0 Å². The number of nitrogens with zero attached hydrogens (tertiary/aromatic N) is 2. The topological polar surface area (TPSA) is 48.9 Å². The van der Waals surface area contributed by atoms with E-state index in [2.05, 4.69) is 27.4 Å². The summed E-state index contributed by atoms with van der Waals surface area (Å²) < 4.78 is 5.35. The summed E-state index contributed by atoms with van der Waals surface area (Å²) >= 11 is 6.16. The smallest absolute Gasteiger partial charge is 0.191 e. The summed E-state index contributed by atoms with van der Waals surface area (Å²) in [5.74, 6) is 0.829. The number of ether oxygens (including phenoxy) is 1. The molecule has 1 aromatic rings. The van der Waals surface area contributed by atoms with Crippen molar-refractivity contribution in [1.82, 2.24) is 15.5 Å². The molecule has 0 atom stereocenters. The molecule has 0 saturated carbocycles. The molecule has 2 rings (SSSR count). The maximum absolute atomic E-state index is 6.16. The van der Waals surface area contributed by atoms with Crippen LogP contribution in [0.4, 0.5) is 0 Å². The SMILES string of the molecule is CCNC(=NCc1ccccc1Cl)NCCN1CCOCC1.I. The van der Waals surface area contributed by atoms with Gasteiger partial charge in [0.2, 0.25) is 0 Å². The van der Waals surface area contributed by atoms with Crippen molar-refractivity contribution in [3.8, 4) is 0 Å². The van der Waals surface area contributed by atoms with Gasteiger partial charge in [-0.15, -0.1) is 24.0 Å². The Kier molecular flexibility index (Phi) is 10.6. The second-order valence-electron chi connectivity index (χ2n) is 5.17. The molecule has 23 heavy (non-hydrogen) atoms. The Morgan fingerprint density at radius 2 is 2.00 bits per heavy atom. The van der Waals surface area contributed by atoms with Gasteiger partial charge in [0, 0.05) is 37.7 Å². The van der Waals surface area contributed by atoms with E-state index in [0.717, 1.165) is 62.5 Å². The number of rotatable bonds is 6. The lowest BCUT2D eigenvalue weighted by Gasteiger charge is -2.26. The Hall–Kier alpha value is -0.570. The number of benzene rings is 1. The molecule has 0 aromatic heterocycles. The molecule has 130 valence electrons. The van der Waals surface area contributed by atoms with E-state index in [-0.39, 0.29) is 24.0 Å². The Morgan fingerprint density at radius 1 is 1.26 bits per heavy atom. The molecule has 0 radical (unpaired) electrons. The standard InChI is InChI=1S/C16H25ClN4O.HI/c1-2-18-16(19-7-8-21-9-11-22-12-10-21)20-13-14-5-3-4-6-15(14)17;/h3-6H,2,7-13H2,1H3,(H2,18,19,20);1H. The van der Waals surface area contributed by atoms with Gasteiger partial charge < -0.3 is 15.4 Å². The van der Waals surface area contributed by atoms with E-state index in [1.807, 2.05) is 24.3 Å². The van der Waals surface area contributed by atoms with E-state index in [4.69, 9.17) is 16.3 Å². The summed E-state index contributed by atoms with van der Waals surface area (Å²) in [5.41, 5.74) is 1.04. The van der Waals surface area contributed by atoms with Gasteiger partial charge in [-0.2, -0.15) is 0 Å². The lowest BCUT2D eigenvalue weighted by Crippen LogP contribution is -2.44. The molecule has 0 aliphatic carbocycles. The van der Waals surface area contributed by atoms with Crippen molar-refractivity contribution in [3.05, 3.63) is 34.9 Å². The molecule has 0 bridgehead atoms. The molecule has 2 N–H and O–H groups in total. The van der Waals surface area contributed by atoms with Crippen LogP contribution in [0.15, 0.2) is 29.3 Å². The Labute approximate surface area is 160 Å². The van der Waals surface area contributed by atoms with Gasteiger partial charge in [-0.1, -0.05) is 29.8 Å². The highest BCUT2D eigenvalue weighted by molar-refractivity contribution is 14.0. The number of guanidine groups is 1. The van der Waals surface area contributed by atoms with Crippen LogP contribution in [-0.2, 0) is 11.3 Å². The summed E-state index contributed by atoms with van der Waals surface area (Å²) in [7, 11) is 0. The fraction of sp³-hybridized carbons (Fsp3) is 0.562. The molecule has 0 unspecified atom stereocenters. The molecular weight excluding hydrogens is 427 g/mol. The Morgan fingerprint density at radius 3 is 2.70 bits per heavy atom. The maximum Gasteiger partial charge on any atom is 0.191 e. The Balaban J connectivity index is 0.00000264. The van der Waals surface area contributed by atoms with E-state index >= 15 is 0 Å². The zero-order valence-electron chi connectivity index (χ0n) is 13.6. The van der Waals surface area contributed by atoms with Crippen molar-refractivity contribution in [2.75, 3.05) is 45.9 Å². The van der Waals surface area contributed by atoms with Crippen molar-refractivity contribution in [1.29, 1.82) is 0 Å². The van der Waals surface area contributed by atoms with Gasteiger partial charge in [0.25, 0.3) is 0 Å². The van der Waals surface area contributed by atoms with Crippen LogP contribution in [0.1, 0.15) is 12.5 Å². The highest BCUT2D eigenvalue weighted by atomic mass is 127. The summed E-state index contributed by atoms with van der Waals surface area (Å²) in [4.78, 5) is 6.99. The minimum absolute atomic E-state index is 0. The molecule has 1 saturated heterocycles. The number of morpholine rings is 1. The summed E-state index contributed by atoms with van der Waals surface area (Å²) in [6.07, 6.45) is 0. The average Bonchev–Trinajstić information content (AvgIpc) is 2.55. The second-order valence-corrected chi connectivity index (χ2v) is 5.57. The van der Waals surface area contributed by atoms with E-state index in [1.54, 1.807) is 0 Å². The van der Waals surface area contributed by atoms with Crippen molar-refractivity contribution in [2.24, 2.45) is 4.99 Å². The molecule has 0 amide bonds. The zero-order chi connectivity index (χ0) is 15.6. The number of hydrogen-bond donors (Lipinski definition) is 2. The molecular formula is C16H26ClIN4O. The van der Waals surface area contributed by atoms with E-state index in [0.29, 0.717) is 6.54 Å². The van der Waals surface area contributed by atoms with E-state index < -0.39 is 0 Å². The minimum atomic E-state index is 0.